The number of hydrogen-bond donors (Lipinski definition) is 2. The molecule has 1 amide bonds. The molecule has 33 heavy (non-hydrogen) atoms. The highest BCUT2D eigenvalue weighted by Crippen LogP contribution is 2.76. The first kappa shape index (κ1) is 21.8. The number of hydrogen-bond acceptors (Lipinski definition) is 5. The molecule has 0 atom stereocenters. The lowest BCUT2D eigenvalue weighted by molar-refractivity contribution is -0.247. The van der Waals surface area contributed by atoms with Crippen molar-refractivity contribution >= 4 is 17.2 Å². The van der Waals surface area contributed by atoms with Crippen molar-refractivity contribution in [3.8, 4) is 5.75 Å². The molecule has 3 aliphatic carbocycles. The number of ether oxygens (including phenoxy) is 1. The van der Waals surface area contributed by atoms with Crippen molar-refractivity contribution in [2.24, 2.45) is 5.41 Å². The van der Waals surface area contributed by atoms with E-state index in [1.165, 1.54) is 18.2 Å². The number of alkyl halides is 2. The molecule has 2 bridgehead atoms. The van der Waals surface area contributed by atoms with Crippen LogP contribution in [0.15, 0.2) is 36.7 Å². The Bertz CT molecular complexity index is 1230. The van der Waals surface area contributed by atoms with Crippen LogP contribution in [0.2, 0.25) is 0 Å². The van der Waals surface area contributed by atoms with Crippen molar-refractivity contribution < 1.29 is 23.4 Å². The van der Waals surface area contributed by atoms with Gasteiger partial charge in [-0.25, -0.2) is 18.7 Å². The van der Waals surface area contributed by atoms with Crippen molar-refractivity contribution in [1.82, 2.24) is 14.4 Å². The van der Waals surface area contributed by atoms with Gasteiger partial charge >= 0.3 is 0 Å². The van der Waals surface area contributed by atoms with E-state index in [1.54, 1.807) is 12.3 Å². The number of imidazole rings is 1. The Morgan fingerprint density at radius 2 is 2.00 bits per heavy atom. The highest BCUT2D eigenvalue weighted by molar-refractivity contribution is 6.03. The molecule has 0 aliphatic heterocycles. The molecule has 0 unspecified atom stereocenters. The fourth-order valence-corrected chi connectivity index (χ4v) is 5.23. The first-order valence-electron chi connectivity index (χ1n) is 11.0. The minimum absolute atomic E-state index is 0.0131. The van der Waals surface area contributed by atoms with Gasteiger partial charge in [0.1, 0.15) is 28.5 Å². The molecule has 0 aromatic carbocycles. The lowest BCUT2D eigenvalue weighted by atomic mass is 9.30. The van der Waals surface area contributed by atoms with Crippen molar-refractivity contribution in [2.45, 2.75) is 57.5 Å². The Hall–Kier alpha value is -3.07. The smallest absolute Gasteiger partial charge is 0.280 e. The molecule has 0 spiro atoms. The van der Waals surface area contributed by atoms with Crippen LogP contribution in [0, 0.1) is 5.41 Å². The van der Waals surface area contributed by atoms with E-state index in [9.17, 15) is 18.7 Å². The van der Waals surface area contributed by atoms with Gasteiger partial charge in [0.2, 0.25) is 0 Å². The molecule has 3 aromatic rings. The summed E-state index contributed by atoms with van der Waals surface area (Å²) in [5, 5.41) is 13.2. The fraction of sp³-hybridized carbons (Fsp3) is 0.458. The van der Waals surface area contributed by atoms with Gasteiger partial charge in [-0.2, -0.15) is 0 Å². The zero-order valence-corrected chi connectivity index (χ0v) is 18.7. The van der Waals surface area contributed by atoms with Gasteiger partial charge in [-0.3, -0.25) is 4.79 Å². The Morgan fingerprint density at radius 3 is 2.64 bits per heavy atom. The number of aliphatic hydroxyl groups is 1. The summed E-state index contributed by atoms with van der Waals surface area (Å²) in [6.07, 6.45) is 3.61. The number of pyridine rings is 2. The maximum atomic E-state index is 13.0. The average molecular weight is 456 g/mol. The normalized spacial score (nSPS) is 23.8. The van der Waals surface area contributed by atoms with Gasteiger partial charge in [-0.05, 0) is 52.2 Å². The lowest BCUT2D eigenvalue weighted by Crippen LogP contribution is -2.72. The van der Waals surface area contributed by atoms with Gasteiger partial charge in [-0.15, -0.1) is 0 Å². The number of carbonyl (C=O) groups is 1. The van der Waals surface area contributed by atoms with Crippen LogP contribution in [0.3, 0.4) is 0 Å². The number of nitrogens with zero attached hydrogens (tertiary/aromatic N) is 3. The van der Waals surface area contributed by atoms with Crippen molar-refractivity contribution in [3.63, 3.8) is 0 Å². The topological polar surface area (TPSA) is 88.8 Å². The van der Waals surface area contributed by atoms with E-state index in [-0.39, 0.29) is 16.5 Å². The summed E-state index contributed by atoms with van der Waals surface area (Å²) in [6.45, 7) is 5.95. The number of halogens is 2. The average Bonchev–Trinajstić information content (AvgIpc) is 3.07. The van der Waals surface area contributed by atoms with Crippen LogP contribution >= 0.6 is 0 Å². The van der Waals surface area contributed by atoms with Gasteiger partial charge in [-0.1, -0.05) is 6.07 Å². The molecule has 0 radical (unpaired) electrons. The third kappa shape index (κ3) is 3.37. The number of nitrogens with one attached hydrogen (secondary N) is 1. The number of carbonyl (C=O) groups excluding carboxylic acids is 1. The Balaban J connectivity index is 1.43. The van der Waals surface area contributed by atoms with E-state index < -0.39 is 23.6 Å². The van der Waals surface area contributed by atoms with Gasteiger partial charge in [0, 0.05) is 29.3 Å². The molecule has 9 heteroatoms. The molecule has 3 heterocycles. The predicted molar refractivity (Wildman–Crippen MR) is 118 cm³/mol. The van der Waals surface area contributed by atoms with Crippen LogP contribution in [-0.4, -0.2) is 37.6 Å². The minimum atomic E-state index is -2.76. The van der Waals surface area contributed by atoms with E-state index in [0.717, 1.165) is 25.0 Å². The molecule has 3 aromatic heterocycles. The third-order valence-corrected chi connectivity index (χ3v) is 7.20. The summed E-state index contributed by atoms with van der Waals surface area (Å²) < 4.78 is 33.5. The Labute approximate surface area is 189 Å². The first-order valence-corrected chi connectivity index (χ1v) is 11.0. The van der Waals surface area contributed by atoms with Crippen molar-refractivity contribution in [2.75, 3.05) is 11.9 Å². The van der Waals surface area contributed by atoms with Crippen LogP contribution in [0.4, 0.5) is 14.5 Å². The predicted octanol–water partition coefficient (Wildman–Crippen LogP) is 4.51. The summed E-state index contributed by atoms with van der Waals surface area (Å²) >= 11 is 0. The number of fused-ring (bicyclic) bond motifs is 1. The minimum Gasteiger partial charge on any atom is -0.491 e. The van der Waals surface area contributed by atoms with E-state index in [0.29, 0.717) is 23.7 Å². The second-order valence-electron chi connectivity index (χ2n) is 9.73. The molecule has 3 aliphatic rings. The van der Waals surface area contributed by atoms with Crippen LogP contribution < -0.4 is 10.1 Å². The Kier molecular flexibility index (Phi) is 4.76. The van der Waals surface area contributed by atoms with E-state index in [4.69, 9.17) is 9.72 Å². The standard InChI is InChI=1S/C24H26F2N4O3/c1-4-33-17-8-19-29-18(23-11-24(12-23,13-23)22(2,3)32)10-30(19)9-16(17)28-21(31)15-7-5-6-14(27-15)20(25)26/h5-10,20,32H,4,11-13H2,1-3H3,(H,28,31). The summed E-state index contributed by atoms with van der Waals surface area (Å²) in [7, 11) is 0. The first-order chi connectivity index (χ1) is 15.6. The monoisotopic (exact) mass is 456 g/mol. The van der Waals surface area contributed by atoms with Crippen LogP contribution in [-0.2, 0) is 5.41 Å². The fourth-order valence-electron chi connectivity index (χ4n) is 5.23. The zero-order chi connectivity index (χ0) is 23.6. The van der Waals surface area contributed by atoms with Gasteiger partial charge in [0.25, 0.3) is 12.3 Å². The highest BCUT2D eigenvalue weighted by Gasteiger charge is 2.73. The quantitative estimate of drug-likeness (QED) is 0.546. The molecular formula is C24H26F2N4O3. The molecule has 174 valence electrons. The second kappa shape index (κ2) is 7.21. The third-order valence-electron chi connectivity index (χ3n) is 7.20. The van der Waals surface area contributed by atoms with Gasteiger partial charge in [0.05, 0.1) is 17.9 Å². The number of amides is 1. The highest BCUT2D eigenvalue weighted by atomic mass is 19.3. The molecule has 2 N–H and O–H groups in total. The summed E-state index contributed by atoms with van der Waals surface area (Å²) in [5.41, 5.74) is 0.741. The molecule has 3 saturated carbocycles. The van der Waals surface area contributed by atoms with Crippen molar-refractivity contribution in [1.29, 1.82) is 0 Å². The summed E-state index contributed by atoms with van der Waals surface area (Å²) in [5.74, 6) is -0.171. The SMILES string of the molecule is CCOc1cc2nc(C34CC(C(C)(C)O)(C3)C4)cn2cc1NC(=O)c1cccc(C(F)F)n1. The molecule has 0 saturated heterocycles. The summed E-state index contributed by atoms with van der Waals surface area (Å²) in [4.78, 5) is 21.3. The molecular weight excluding hydrogens is 430 g/mol. The van der Waals surface area contributed by atoms with Crippen LogP contribution in [0.1, 0.15) is 68.3 Å². The second-order valence-corrected chi connectivity index (χ2v) is 9.73. The maximum Gasteiger partial charge on any atom is 0.280 e. The van der Waals surface area contributed by atoms with E-state index in [1.807, 2.05) is 31.4 Å². The van der Waals surface area contributed by atoms with Gasteiger partial charge < -0.3 is 19.6 Å². The number of rotatable bonds is 7. The Morgan fingerprint density at radius 1 is 1.27 bits per heavy atom. The summed E-state index contributed by atoms with van der Waals surface area (Å²) in [6, 6.07) is 5.70. The number of aromatic nitrogens is 3. The van der Waals surface area contributed by atoms with Crippen LogP contribution in [0.5, 0.6) is 5.75 Å². The number of anilines is 1. The van der Waals surface area contributed by atoms with E-state index >= 15 is 0 Å². The van der Waals surface area contributed by atoms with Crippen LogP contribution in [0.25, 0.3) is 5.65 Å². The van der Waals surface area contributed by atoms with Gasteiger partial charge in [0.15, 0.2) is 0 Å². The molecule has 7 nitrogen and oxygen atoms in total. The zero-order valence-electron chi connectivity index (χ0n) is 18.7. The van der Waals surface area contributed by atoms with E-state index in [2.05, 4.69) is 10.3 Å². The lowest BCUT2D eigenvalue weighted by Gasteiger charge is -2.74. The van der Waals surface area contributed by atoms with Crippen molar-refractivity contribution in [3.05, 3.63) is 53.7 Å². The molecule has 6 rings (SSSR count). The maximum absolute atomic E-state index is 13.0. The largest absolute Gasteiger partial charge is 0.491 e. The molecule has 3 fully saturated rings.